The normalized spacial score (nSPS) is 11.9. The molecule has 0 aliphatic carbocycles. The lowest BCUT2D eigenvalue weighted by molar-refractivity contribution is -0.385. The molecular formula is C94H118N8O22S5. The number of nitro benzene ring substituents is 2. The molecule has 129 heavy (non-hydrogen) atoms. The molecule has 0 radical (unpaired) electrons. The SMILES string of the molecule is CC.CC.CC(C)C(=O)N1C(=O)c2ccccc2C1=S.CC(C)C(=O)N1CCCC1=S.CC(C)C(=O)N1CCCC1=S.CC(C)C(=O)Oc1ccccc1.CC(C)C(=O)Oc1ccccc1[N+](=O)[O-].CC(C)C(=O)n1c(=S)sc2ccccc21.CC(C)OC(=O)Oc1ccccc1.CC(C)OC(=O)Oc1ccccc1[N+](=O)[O-].CC(C)OC(=O)On1ncc2ccccc21. The van der Waals surface area contributed by atoms with E-state index in [1.807, 2.05) is 162 Å². The van der Waals surface area contributed by atoms with E-state index in [9.17, 15) is 68.2 Å². The number of carbonyl (C=O) groups is 10. The van der Waals surface area contributed by atoms with E-state index in [0.717, 1.165) is 79.6 Å². The van der Waals surface area contributed by atoms with E-state index in [1.54, 1.807) is 150 Å². The Morgan fingerprint density at radius 2 is 0.783 bits per heavy atom. The number of fused-ring (bicyclic) bond motifs is 3. The minimum absolute atomic E-state index is 0.0128. The summed E-state index contributed by atoms with van der Waals surface area (Å²) in [5.74, 6) is -0.366. The lowest BCUT2D eigenvalue weighted by atomic mass is 10.1. The average Bonchev–Trinajstić information content (AvgIpc) is 1.62. The first-order chi connectivity index (χ1) is 61.0. The summed E-state index contributed by atoms with van der Waals surface area (Å²) in [6.07, 6.45) is 2.43. The molecule has 0 atom stereocenters. The maximum Gasteiger partial charge on any atom is 0.535 e. The summed E-state index contributed by atoms with van der Waals surface area (Å²) >= 11 is 21.9. The molecule has 5 heterocycles. The number of imide groups is 1. The molecule has 0 bridgehead atoms. The number of hydrogen-bond donors (Lipinski definition) is 0. The third-order valence-corrected chi connectivity index (χ3v) is 19.0. The summed E-state index contributed by atoms with van der Waals surface area (Å²) in [7, 11) is 0. The first-order valence-electron chi connectivity index (χ1n) is 41.9. The van der Waals surface area contributed by atoms with E-state index >= 15 is 0 Å². The van der Waals surface area contributed by atoms with E-state index in [4.69, 9.17) is 86.9 Å². The highest BCUT2D eigenvalue weighted by Crippen LogP contribution is 2.30. The van der Waals surface area contributed by atoms with Gasteiger partial charge in [-0.3, -0.25) is 63.2 Å². The number of benzene rings is 7. The number of thiazole rings is 1. The van der Waals surface area contributed by atoms with Crippen molar-refractivity contribution in [2.45, 2.75) is 196 Å². The molecule has 35 heteroatoms. The van der Waals surface area contributed by atoms with E-state index in [2.05, 4.69) is 5.10 Å². The summed E-state index contributed by atoms with van der Waals surface area (Å²) in [6.45, 7) is 41.9. The maximum absolute atomic E-state index is 12.0. The number of nitrogens with zero attached hydrogens (tertiary/aromatic N) is 8. The van der Waals surface area contributed by atoms with Crippen LogP contribution in [0.25, 0.3) is 21.1 Å². The second-order valence-corrected chi connectivity index (χ2v) is 32.8. The van der Waals surface area contributed by atoms with E-state index in [-0.39, 0.29) is 112 Å². The third-order valence-electron chi connectivity index (χ3n) is 16.4. The molecule has 2 fully saturated rings. The van der Waals surface area contributed by atoms with Gasteiger partial charge in [-0.15, -0.1) is 16.4 Å². The predicted octanol–water partition coefficient (Wildman–Crippen LogP) is 22.5. The van der Waals surface area contributed by atoms with Crippen molar-refractivity contribution in [3.8, 4) is 23.0 Å². The molecule has 2 aromatic heterocycles. The number of rotatable bonds is 16. The van der Waals surface area contributed by atoms with Gasteiger partial charge < -0.3 is 43.0 Å². The highest BCUT2D eigenvalue weighted by molar-refractivity contribution is 7.81. The summed E-state index contributed by atoms with van der Waals surface area (Å²) in [6, 6.07) is 51.6. The average molecular weight is 1870 g/mol. The van der Waals surface area contributed by atoms with Crippen LogP contribution in [0.15, 0.2) is 188 Å². The van der Waals surface area contributed by atoms with Gasteiger partial charge in [0.2, 0.25) is 35.1 Å². The van der Waals surface area contributed by atoms with Crippen LogP contribution in [0.1, 0.15) is 199 Å². The molecule has 696 valence electrons. The number of para-hydroxylation sites is 8. The van der Waals surface area contributed by atoms with E-state index in [1.165, 1.54) is 53.8 Å². The van der Waals surface area contributed by atoms with Gasteiger partial charge in [0.1, 0.15) is 22.0 Å². The summed E-state index contributed by atoms with van der Waals surface area (Å²) < 4.78 is 37.2. The minimum atomic E-state index is -0.954. The van der Waals surface area contributed by atoms with Crippen LogP contribution in [-0.4, -0.2) is 145 Å². The fourth-order valence-corrected chi connectivity index (χ4v) is 12.6. The zero-order chi connectivity index (χ0) is 97.5. The van der Waals surface area contributed by atoms with Gasteiger partial charge in [0, 0.05) is 72.7 Å². The zero-order valence-electron chi connectivity index (χ0n) is 76.9. The molecule has 0 spiro atoms. The van der Waals surface area contributed by atoms with Gasteiger partial charge in [0.25, 0.3) is 5.91 Å². The quantitative estimate of drug-likeness (QED) is 0.0165. The maximum atomic E-state index is 12.0. The van der Waals surface area contributed by atoms with Gasteiger partial charge in [-0.2, -0.15) is 0 Å². The first kappa shape index (κ1) is 113. The van der Waals surface area contributed by atoms with Crippen molar-refractivity contribution in [3.63, 3.8) is 0 Å². The van der Waals surface area contributed by atoms with Crippen LogP contribution in [0.3, 0.4) is 0 Å². The highest BCUT2D eigenvalue weighted by atomic mass is 32.1. The van der Waals surface area contributed by atoms with Crippen LogP contribution in [-0.2, 0) is 38.2 Å². The lowest BCUT2D eigenvalue weighted by Crippen LogP contribution is -2.38. The van der Waals surface area contributed by atoms with Gasteiger partial charge in [0.15, 0.2) is 3.95 Å². The van der Waals surface area contributed by atoms with Crippen molar-refractivity contribution in [3.05, 3.63) is 223 Å². The summed E-state index contributed by atoms with van der Waals surface area (Å²) in [5, 5.41) is 26.0. The van der Waals surface area contributed by atoms with Gasteiger partial charge in [-0.25, -0.2) is 19.3 Å². The van der Waals surface area contributed by atoms with Crippen LogP contribution in [0.5, 0.6) is 23.0 Å². The van der Waals surface area contributed by atoms with Crippen molar-refractivity contribution in [1.29, 1.82) is 0 Å². The Morgan fingerprint density at radius 1 is 0.411 bits per heavy atom. The molecule has 30 nitrogen and oxygen atoms in total. The van der Waals surface area contributed by atoms with Crippen LogP contribution >= 0.6 is 60.2 Å². The zero-order valence-corrected chi connectivity index (χ0v) is 81.0. The van der Waals surface area contributed by atoms with Crippen molar-refractivity contribution in [2.24, 2.45) is 35.5 Å². The number of aromatic nitrogens is 3. The molecular weight excluding hydrogens is 1750 g/mol. The molecule has 3 aliphatic heterocycles. The third kappa shape index (κ3) is 39.0. The molecule has 7 aromatic carbocycles. The fourth-order valence-electron chi connectivity index (χ4n) is 10.2. The standard InChI is InChI=1S/C12H11NO2S.C11H12N2O3.C11H11NOS2.C10H11NO5.C10H11NO4.C10H12O3.C10H12O2.2C8H13NOS.2C2H6/c1-7(2)10(14)13-11(15)8-5-3-4-6-9(8)12(13)16;1-8(2)15-11(14)16-13-10-6-4-3-5-9(10)7-12-13;1-7(2)10(13)12-8-5-3-4-6-9(8)15-11(12)14;1-7(2)15-10(12)16-9-6-4-3-5-8(9)11(13)14;1-7(2)10(12)15-9-6-4-3-5-8(9)11(13)14;1-8(2)12-10(11)13-9-6-4-3-5-7-9;1-8(2)10(11)12-9-6-4-3-5-7-9;2*1-6(2)8(10)9-5-3-4-7(9)11;2*1-2/h3-7H,1-2H3;3-8H,1-2H3;3-7H,1-2H3;3-7H,1-2H3;3-7H,1-2H3;3-8H,1-2H3;3-8H,1-2H3;2*6H,3-5H2,1-2H3;2*1-2H3. The summed E-state index contributed by atoms with van der Waals surface area (Å²) in [4.78, 5) is 147. The number of carbonyl (C=O) groups excluding carboxylic acids is 10. The number of esters is 2. The van der Waals surface area contributed by atoms with Gasteiger partial charge in [-0.05, 0) is 127 Å². The Hall–Kier alpha value is -12.3. The molecule has 0 unspecified atom stereocenters. The van der Waals surface area contributed by atoms with Crippen molar-refractivity contribution < 1.29 is 95.8 Å². The summed E-state index contributed by atoms with van der Waals surface area (Å²) in [5.41, 5.74) is 2.36. The number of ether oxygens (including phenoxy) is 7. The highest BCUT2D eigenvalue weighted by Gasteiger charge is 2.38. The van der Waals surface area contributed by atoms with Crippen LogP contribution in [0.2, 0.25) is 0 Å². The fraction of sp³-hybridized carbons (Fsp3) is 0.394. The number of nitro groups is 2. The largest absolute Gasteiger partial charge is 0.535 e. The Labute approximate surface area is 779 Å². The molecule has 12 rings (SSSR count). The topological polar surface area (TPSA) is 363 Å². The molecule has 2 saturated heterocycles. The molecule has 4 amide bonds. The second kappa shape index (κ2) is 58.9. The van der Waals surface area contributed by atoms with Crippen molar-refractivity contribution in [2.75, 3.05) is 13.1 Å². The van der Waals surface area contributed by atoms with Gasteiger partial charge in [0.05, 0.1) is 71.9 Å². The van der Waals surface area contributed by atoms with Crippen molar-refractivity contribution >= 4 is 168 Å². The Bertz CT molecular complexity index is 5180. The Kier molecular flexibility index (Phi) is 51.5. The predicted molar refractivity (Wildman–Crippen MR) is 512 cm³/mol. The monoisotopic (exact) mass is 1870 g/mol. The van der Waals surface area contributed by atoms with Crippen LogP contribution in [0, 0.1) is 59.7 Å². The lowest BCUT2D eigenvalue weighted by Gasteiger charge is -2.17. The van der Waals surface area contributed by atoms with E-state index in [0.29, 0.717) is 31.6 Å². The molecule has 0 N–H and O–H groups in total. The second-order valence-electron chi connectivity index (χ2n) is 29.8. The van der Waals surface area contributed by atoms with Gasteiger partial charge in [-0.1, -0.05) is 261 Å². The smallest absolute Gasteiger partial charge is 0.431 e. The number of amides is 4. The molecule has 3 aliphatic rings. The Balaban J connectivity index is 0.000000490. The van der Waals surface area contributed by atoms with Crippen molar-refractivity contribution in [1.82, 2.24) is 29.2 Å². The number of hydrogen-bond acceptors (Lipinski definition) is 28. The molecule has 9 aromatic rings. The Morgan fingerprint density at radius 3 is 1.20 bits per heavy atom. The van der Waals surface area contributed by atoms with Crippen LogP contribution < -0.4 is 23.8 Å². The van der Waals surface area contributed by atoms with Crippen LogP contribution in [0.4, 0.5) is 25.8 Å². The van der Waals surface area contributed by atoms with Gasteiger partial charge >= 0.3 is 41.8 Å². The number of likely N-dealkylation sites (tertiary alicyclic amines) is 2. The van der Waals surface area contributed by atoms with E-state index < -0.39 is 34.3 Å². The first-order valence-corrected chi connectivity index (χ1v) is 44.4. The number of thiocarbonyl (C=S) groups is 3. The minimum Gasteiger partial charge on any atom is -0.431 e. The molecule has 0 saturated carbocycles.